The minimum absolute atomic E-state index is 0.114. The molecule has 0 saturated carbocycles. The highest BCUT2D eigenvalue weighted by Gasteiger charge is 2.28. The van der Waals surface area contributed by atoms with Gasteiger partial charge < -0.3 is 0 Å². The van der Waals surface area contributed by atoms with Crippen molar-refractivity contribution < 1.29 is 27.2 Å². The summed E-state index contributed by atoms with van der Waals surface area (Å²) >= 11 is 0. The predicted octanol–water partition coefficient (Wildman–Crippen LogP) is 6.28. The van der Waals surface area contributed by atoms with Crippen LogP contribution in [0.15, 0.2) is 36.4 Å². The van der Waals surface area contributed by atoms with Crippen LogP contribution in [0.5, 0.6) is 0 Å². The number of carbonyl (C=O) groups is 2. The van der Waals surface area contributed by atoms with Crippen molar-refractivity contribution in [2.45, 2.75) is 51.9 Å². The second kappa shape index (κ2) is 11.5. The van der Waals surface area contributed by atoms with Gasteiger partial charge >= 0.3 is 0 Å². The SMILES string of the molecule is CCCCCCCCCN(C(=O)c1cc(F)ccc1F)C(=O)c1cc(F)ccc1F. The Morgan fingerprint density at radius 2 is 1.13 bits per heavy atom. The average molecular weight is 423 g/mol. The molecule has 3 nitrogen and oxygen atoms in total. The zero-order chi connectivity index (χ0) is 22.1. The summed E-state index contributed by atoms with van der Waals surface area (Å²) < 4.78 is 55.3. The Labute approximate surface area is 173 Å². The fraction of sp³-hybridized carbons (Fsp3) is 0.391. The number of hydrogen-bond donors (Lipinski definition) is 0. The Bertz CT molecular complexity index is 822. The number of hydrogen-bond acceptors (Lipinski definition) is 2. The van der Waals surface area contributed by atoms with Crippen LogP contribution >= 0.6 is 0 Å². The first-order chi connectivity index (χ1) is 14.3. The lowest BCUT2D eigenvalue weighted by Crippen LogP contribution is -2.38. The summed E-state index contributed by atoms with van der Waals surface area (Å²) in [6.07, 6.45) is 6.33. The van der Waals surface area contributed by atoms with E-state index in [1.54, 1.807) is 0 Å². The molecule has 0 spiro atoms. The van der Waals surface area contributed by atoms with Crippen molar-refractivity contribution in [1.29, 1.82) is 0 Å². The second-order valence-corrected chi connectivity index (χ2v) is 7.13. The van der Waals surface area contributed by atoms with Crippen molar-refractivity contribution in [3.63, 3.8) is 0 Å². The minimum Gasteiger partial charge on any atom is -0.274 e. The molecule has 162 valence electrons. The summed E-state index contributed by atoms with van der Waals surface area (Å²) in [6.45, 7) is 1.99. The Morgan fingerprint density at radius 1 is 0.700 bits per heavy atom. The van der Waals surface area contributed by atoms with E-state index >= 15 is 0 Å². The van der Waals surface area contributed by atoms with E-state index in [2.05, 4.69) is 6.92 Å². The maximum Gasteiger partial charge on any atom is 0.263 e. The van der Waals surface area contributed by atoms with Crippen molar-refractivity contribution in [3.05, 3.63) is 70.8 Å². The van der Waals surface area contributed by atoms with E-state index in [4.69, 9.17) is 0 Å². The molecule has 0 saturated heterocycles. The lowest BCUT2D eigenvalue weighted by atomic mass is 10.1. The molecule has 0 radical (unpaired) electrons. The smallest absolute Gasteiger partial charge is 0.263 e. The van der Waals surface area contributed by atoms with Gasteiger partial charge in [-0.2, -0.15) is 0 Å². The van der Waals surface area contributed by atoms with Crippen LogP contribution in [0.2, 0.25) is 0 Å². The van der Waals surface area contributed by atoms with Crippen LogP contribution in [0.3, 0.4) is 0 Å². The summed E-state index contributed by atoms with van der Waals surface area (Å²) in [5, 5.41) is 0. The van der Waals surface area contributed by atoms with Gasteiger partial charge in [0.05, 0.1) is 11.1 Å². The minimum atomic E-state index is -1.09. The molecule has 2 aromatic rings. The van der Waals surface area contributed by atoms with Gasteiger partial charge in [-0.25, -0.2) is 17.6 Å². The van der Waals surface area contributed by atoms with Gasteiger partial charge in [0, 0.05) is 6.54 Å². The van der Waals surface area contributed by atoms with E-state index in [-0.39, 0.29) is 6.54 Å². The fourth-order valence-electron chi connectivity index (χ4n) is 3.14. The molecule has 0 N–H and O–H groups in total. The molecule has 0 aliphatic carbocycles. The molecule has 30 heavy (non-hydrogen) atoms. The number of imide groups is 1. The first-order valence-corrected chi connectivity index (χ1v) is 10.1. The van der Waals surface area contributed by atoms with E-state index in [1.165, 1.54) is 0 Å². The fourth-order valence-corrected chi connectivity index (χ4v) is 3.14. The Hall–Kier alpha value is -2.70. The third kappa shape index (κ3) is 6.40. The Kier molecular flexibility index (Phi) is 9.02. The highest BCUT2D eigenvalue weighted by molar-refractivity contribution is 6.10. The van der Waals surface area contributed by atoms with Crippen molar-refractivity contribution in [2.75, 3.05) is 6.54 Å². The standard InChI is InChI=1S/C23H25F4NO2/c1-2-3-4-5-6-7-8-13-28(22(29)18-14-16(24)9-11-20(18)26)23(30)19-15-17(25)10-12-21(19)27/h9-12,14-15H,2-8,13H2,1H3. The number of halogens is 4. The van der Waals surface area contributed by atoms with Crippen LogP contribution in [0, 0.1) is 23.3 Å². The molecule has 0 heterocycles. The van der Waals surface area contributed by atoms with Crippen LogP contribution in [0.25, 0.3) is 0 Å². The van der Waals surface area contributed by atoms with E-state index in [9.17, 15) is 27.2 Å². The molecular formula is C23H25F4NO2. The number of benzene rings is 2. The second-order valence-electron chi connectivity index (χ2n) is 7.13. The van der Waals surface area contributed by atoms with Crippen LogP contribution in [-0.2, 0) is 0 Å². The van der Waals surface area contributed by atoms with Gasteiger partial charge in [-0.3, -0.25) is 14.5 Å². The summed E-state index contributed by atoms with van der Waals surface area (Å²) in [5.41, 5.74) is -1.27. The highest BCUT2D eigenvalue weighted by atomic mass is 19.1. The summed E-state index contributed by atoms with van der Waals surface area (Å²) in [6, 6.07) is 4.63. The van der Waals surface area contributed by atoms with Gasteiger partial charge in [0.25, 0.3) is 11.8 Å². The molecule has 0 unspecified atom stereocenters. The molecule has 0 aliphatic heterocycles. The average Bonchev–Trinajstić information content (AvgIpc) is 2.72. The van der Waals surface area contributed by atoms with Gasteiger partial charge in [0.15, 0.2) is 0 Å². The lowest BCUT2D eigenvalue weighted by molar-refractivity contribution is 0.0607. The number of carbonyl (C=O) groups excluding carboxylic acids is 2. The van der Waals surface area contributed by atoms with E-state index in [1.807, 2.05) is 0 Å². The first kappa shape index (κ1) is 23.6. The first-order valence-electron chi connectivity index (χ1n) is 10.1. The third-order valence-corrected chi connectivity index (χ3v) is 4.79. The lowest BCUT2D eigenvalue weighted by Gasteiger charge is -2.22. The van der Waals surface area contributed by atoms with Crippen LogP contribution in [0.4, 0.5) is 17.6 Å². The van der Waals surface area contributed by atoms with E-state index in [0.29, 0.717) is 29.9 Å². The van der Waals surface area contributed by atoms with Gasteiger partial charge in [-0.1, -0.05) is 45.4 Å². The van der Waals surface area contributed by atoms with Crippen LogP contribution in [-0.4, -0.2) is 23.3 Å². The topological polar surface area (TPSA) is 37.4 Å². The van der Waals surface area contributed by atoms with Crippen LogP contribution < -0.4 is 0 Å². The monoisotopic (exact) mass is 423 g/mol. The molecule has 0 aliphatic rings. The molecule has 2 amide bonds. The maximum atomic E-state index is 14.1. The molecule has 0 aromatic heterocycles. The largest absolute Gasteiger partial charge is 0.274 e. The molecular weight excluding hydrogens is 398 g/mol. The van der Waals surface area contributed by atoms with Crippen molar-refractivity contribution >= 4 is 11.8 Å². The van der Waals surface area contributed by atoms with Crippen molar-refractivity contribution in [1.82, 2.24) is 4.90 Å². The molecule has 0 atom stereocenters. The quantitative estimate of drug-likeness (QED) is 0.256. The third-order valence-electron chi connectivity index (χ3n) is 4.79. The molecule has 7 heteroatoms. The van der Waals surface area contributed by atoms with Crippen molar-refractivity contribution in [2.24, 2.45) is 0 Å². The zero-order valence-electron chi connectivity index (χ0n) is 16.9. The van der Waals surface area contributed by atoms with E-state index < -0.39 is 46.2 Å². The zero-order valence-corrected chi connectivity index (χ0v) is 16.9. The predicted molar refractivity (Wildman–Crippen MR) is 106 cm³/mol. The maximum absolute atomic E-state index is 14.1. The van der Waals surface area contributed by atoms with Gasteiger partial charge in [-0.05, 0) is 42.8 Å². The van der Waals surface area contributed by atoms with Gasteiger partial charge in [0.1, 0.15) is 23.3 Å². The van der Waals surface area contributed by atoms with Gasteiger partial charge in [0.2, 0.25) is 0 Å². The molecule has 2 rings (SSSR count). The summed E-state index contributed by atoms with van der Waals surface area (Å²) in [4.78, 5) is 26.3. The number of unbranched alkanes of at least 4 members (excludes halogenated alkanes) is 6. The Balaban J connectivity index is 2.21. The molecule has 0 bridgehead atoms. The molecule has 2 aromatic carbocycles. The van der Waals surface area contributed by atoms with Crippen LogP contribution in [0.1, 0.15) is 72.6 Å². The summed E-state index contributed by atoms with van der Waals surface area (Å²) in [7, 11) is 0. The normalized spacial score (nSPS) is 10.8. The number of amides is 2. The number of nitrogens with zero attached hydrogens (tertiary/aromatic N) is 1. The van der Waals surface area contributed by atoms with Gasteiger partial charge in [-0.15, -0.1) is 0 Å². The molecule has 0 fully saturated rings. The number of rotatable bonds is 10. The van der Waals surface area contributed by atoms with Crippen molar-refractivity contribution in [3.8, 4) is 0 Å². The summed E-state index contributed by atoms with van der Waals surface area (Å²) in [5.74, 6) is -5.88. The van der Waals surface area contributed by atoms with E-state index in [0.717, 1.165) is 56.4 Å². The Morgan fingerprint density at radius 3 is 1.60 bits per heavy atom. The highest BCUT2D eigenvalue weighted by Crippen LogP contribution is 2.19.